The maximum Gasteiger partial charge on any atom is 0.240 e. The zero-order valence-corrected chi connectivity index (χ0v) is 12.5. The minimum absolute atomic E-state index is 0.0166. The maximum absolute atomic E-state index is 12.0. The van der Waals surface area contributed by atoms with Crippen molar-refractivity contribution in [1.82, 2.24) is 10.0 Å². The first-order valence-electron chi connectivity index (χ1n) is 6.77. The minimum Gasteiger partial charge on any atom is -0.352 e. The zero-order chi connectivity index (χ0) is 14.8. The molecule has 0 spiro atoms. The molecule has 6 heteroatoms. The van der Waals surface area contributed by atoms with E-state index in [4.69, 9.17) is 0 Å². The molecule has 0 heterocycles. The second-order valence-corrected chi connectivity index (χ2v) is 7.13. The first-order chi connectivity index (χ1) is 9.38. The van der Waals surface area contributed by atoms with Crippen LogP contribution in [0.4, 0.5) is 0 Å². The Morgan fingerprint density at radius 1 is 1.25 bits per heavy atom. The van der Waals surface area contributed by atoms with Crippen molar-refractivity contribution in [2.45, 2.75) is 44.2 Å². The molecule has 1 aromatic carbocycles. The Labute approximate surface area is 119 Å². The van der Waals surface area contributed by atoms with Gasteiger partial charge in [0.05, 0.1) is 4.90 Å². The largest absolute Gasteiger partial charge is 0.352 e. The highest BCUT2D eigenvalue weighted by Gasteiger charge is 2.27. The van der Waals surface area contributed by atoms with Crippen LogP contribution in [0.5, 0.6) is 0 Å². The van der Waals surface area contributed by atoms with E-state index in [2.05, 4.69) is 10.0 Å². The Kier molecular flexibility index (Phi) is 4.45. The van der Waals surface area contributed by atoms with Crippen molar-refractivity contribution in [2.24, 2.45) is 5.92 Å². The molecule has 0 saturated heterocycles. The van der Waals surface area contributed by atoms with E-state index in [0.29, 0.717) is 6.54 Å². The molecule has 0 aliphatic heterocycles. The van der Waals surface area contributed by atoms with Crippen LogP contribution >= 0.6 is 0 Å². The summed E-state index contributed by atoms with van der Waals surface area (Å²) in [4.78, 5) is 11.7. The SMILES string of the molecule is CC(C)C(=O)NCc1ccc(S(=O)(=O)NC2CC2)cc1. The van der Waals surface area contributed by atoms with Gasteiger partial charge >= 0.3 is 0 Å². The first kappa shape index (κ1) is 15.0. The lowest BCUT2D eigenvalue weighted by Crippen LogP contribution is -2.27. The van der Waals surface area contributed by atoms with Crippen LogP contribution < -0.4 is 10.0 Å². The number of hydrogen-bond donors (Lipinski definition) is 2. The highest BCUT2D eigenvalue weighted by Crippen LogP contribution is 2.22. The summed E-state index contributed by atoms with van der Waals surface area (Å²) in [5, 5.41) is 2.79. The topological polar surface area (TPSA) is 75.3 Å². The summed E-state index contributed by atoms with van der Waals surface area (Å²) in [7, 11) is -3.40. The van der Waals surface area contributed by atoms with E-state index in [0.717, 1.165) is 18.4 Å². The van der Waals surface area contributed by atoms with Gasteiger partial charge in [-0.1, -0.05) is 26.0 Å². The van der Waals surface area contributed by atoms with E-state index < -0.39 is 10.0 Å². The highest BCUT2D eigenvalue weighted by atomic mass is 32.2. The molecule has 0 unspecified atom stereocenters. The number of rotatable bonds is 6. The number of nitrogens with one attached hydrogen (secondary N) is 2. The van der Waals surface area contributed by atoms with E-state index >= 15 is 0 Å². The Hall–Kier alpha value is -1.40. The van der Waals surface area contributed by atoms with Crippen molar-refractivity contribution in [3.8, 4) is 0 Å². The van der Waals surface area contributed by atoms with Crippen molar-refractivity contribution in [3.05, 3.63) is 29.8 Å². The molecule has 0 bridgehead atoms. The van der Waals surface area contributed by atoms with E-state index in [9.17, 15) is 13.2 Å². The molecule has 2 N–H and O–H groups in total. The van der Waals surface area contributed by atoms with Gasteiger partial charge in [-0.15, -0.1) is 0 Å². The molecule has 0 atom stereocenters. The average Bonchev–Trinajstić information content (AvgIpc) is 3.19. The Bertz CT molecular complexity index is 575. The van der Waals surface area contributed by atoms with Crippen LogP contribution in [0.25, 0.3) is 0 Å². The molecule has 1 aromatic rings. The van der Waals surface area contributed by atoms with Gasteiger partial charge in [-0.05, 0) is 30.5 Å². The summed E-state index contributed by atoms with van der Waals surface area (Å²) in [6, 6.07) is 6.69. The molecule has 110 valence electrons. The molecule has 20 heavy (non-hydrogen) atoms. The minimum atomic E-state index is -3.40. The third-order valence-electron chi connectivity index (χ3n) is 3.12. The van der Waals surface area contributed by atoms with Crippen LogP contribution in [0, 0.1) is 5.92 Å². The van der Waals surface area contributed by atoms with Gasteiger partial charge in [0.15, 0.2) is 0 Å². The highest BCUT2D eigenvalue weighted by molar-refractivity contribution is 7.89. The van der Waals surface area contributed by atoms with Crippen molar-refractivity contribution in [1.29, 1.82) is 0 Å². The van der Waals surface area contributed by atoms with Crippen LogP contribution in [-0.2, 0) is 21.4 Å². The van der Waals surface area contributed by atoms with E-state index in [1.807, 2.05) is 13.8 Å². The number of amides is 1. The summed E-state index contributed by atoms with van der Waals surface area (Å²) in [5.74, 6) is -0.0745. The zero-order valence-electron chi connectivity index (χ0n) is 11.7. The summed E-state index contributed by atoms with van der Waals surface area (Å²) < 4.78 is 26.6. The van der Waals surface area contributed by atoms with Gasteiger partial charge in [-0.25, -0.2) is 13.1 Å². The second-order valence-electron chi connectivity index (χ2n) is 5.41. The standard InChI is InChI=1S/C14H20N2O3S/c1-10(2)14(17)15-9-11-3-7-13(8-4-11)20(18,19)16-12-5-6-12/h3-4,7-8,10,12,16H,5-6,9H2,1-2H3,(H,15,17). The fourth-order valence-corrected chi connectivity index (χ4v) is 2.97. The lowest BCUT2D eigenvalue weighted by molar-refractivity contribution is -0.124. The van der Waals surface area contributed by atoms with Crippen LogP contribution in [0.15, 0.2) is 29.2 Å². The summed E-state index contributed by atoms with van der Waals surface area (Å²) in [5.41, 5.74) is 0.879. The van der Waals surface area contributed by atoms with Gasteiger partial charge in [-0.2, -0.15) is 0 Å². The number of sulfonamides is 1. The molecule has 0 radical (unpaired) electrons. The summed E-state index contributed by atoms with van der Waals surface area (Å²) >= 11 is 0. The van der Waals surface area contributed by atoms with Crippen LogP contribution in [-0.4, -0.2) is 20.4 Å². The molecular formula is C14H20N2O3S. The second kappa shape index (κ2) is 5.93. The average molecular weight is 296 g/mol. The number of hydrogen-bond acceptors (Lipinski definition) is 3. The third kappa shape index (κ3) is 4.05. The van der Waals surface area contributed by atoms with E-state index in [1.54, 1.807) is 24.3 Å². The van der Waals surface area contributed by atoms with Gasteiger partial charge < -0.3 is 5.32 Å². The quantitative estimate of drug-likeness (QED) is 0.833. The Morgan fingerprint density at radius 3 is 2.35 bits per heavy atom. The molecular weight excluding hydrogens is 276 g/mol. The molecule has 5 nitrogen and oxygen atoms in total. The fourth-order valence-electron chi connectivity index (χ4n) is 1.67. The van der Waals surface area contributed by atoms with Gasteiger partial charge in [0, 0.05) is 18.5 Å². The van der Waals surface area contributed by atoms with E-state index in [-0.39, 0.29) is 22.8 Å². The summed E-state index contributed by atoms with van der Waals surface area (Å²) in [6.07, 6.45) is 1.83. The first-order valence-corrected chi connectivity index (χ1v) is 8.26. The predicted octanol–water partition coefficient (Wildman–Crippen LogP) is 1.40. The molecule has 1 aliphatic rings. The Morgan fingerprint density at radius 2 is 1.85 bits per heavy atom. The van der Waals surface area contributed by atoms with E-state index in [1.165, 1.54) is 0 Å². The fraction of sp³-hybridized carbons (Fsp3) is 0.500. The van der Waals surface area contributed by atoms with Crippen LogP contribution in [0.2, 0.25) is 0 Å². The normalized spacial score (nSPS) is 15.3. The number of benzene rings is 1. The van der Waals surface area contributed by atoms with Crippen molar-refractivity contribution in [3.63, 3.8) is 0 Å². The molecule has 0 aromatic heterocycles. The smallest absolute Gasteiger partial charge is 0.240 e. The van der Waals surface area contributed by atoms with Gasteiger partial charge in [-0.3, -0.25) is 4.79 Å². The molecule has 1 amide bonds. The predicted molar refractivity (Wildman–Crippen MR) is 76.5 cm³/mol. The number of carbonyl (C=O) groups is 1. The molecule has 1 aliphatic carbocycles. The van der Waals surface area contributed by atoms with Crippen molar-refractivity contribution < 1.29 is 13.2 Å². The molecule has 2 rings (SSSR count). The molecule has 1 saturated carbocycles. The van der Waals surface area contributed by atoms with Gasteiger partial charge in [0.1, 0.15) is 0 Å². The van der Waals surface area contributed by atoms with Crippen LogP contribution in [0.3, 0.4) is 0 Å². The van der Waals surface area contributed by atoms with Gasteiger partial charge in [0.2, 0.25) is 15.9 Å². The lowest BCUT2D eigenvalue weighted by atomic mass is 10.2. The van der Waals surface area contributed by atoms with Gasteiger partial charge in [0.25, 0.3) is 0 Å². The Balaban J connectivity index is 1.97. The third-order valence-corrected chi connectivity index (χ3v) is 4.66. The van der Waals surface area contributed by atoms with Crippen molar-refractivity contribution in [2.75, 3.05) is 0 Å². The number of carbonyl (C=O) groups excluding carboxylic acids is 1. The van der Waals surface area contributed by atoms with Crippen LogP contribution in [0.1, 0.15) is 32.3 Å². The maximum atomic E-state index is 12.0. The molecule has 1 fully saturated rings. The lowest BCUT2D eigenvalue weighted by Gasteiger charge is -2.09. The van der Waals surface area contributed by atoms with Crippen molar-refractivity contribution >= 4 is 15.9 Å². The summed E-state index contributed by atoms with van der Waals surface area (Å²) in [6.45, 7) is 4.07. The monoisotopic (exact) mass is 296 g/mol.